The Hall–Kier alpha value is -2.24. The van der Waals surface area contributed by atoms with E-state index in [1.807, 2.05) is 18.9 Å². The molecule has 2 aromatic rings. The topological polar surface area (TPSA) is 49.8 Å². The van der Waals surface area contributed by atoms with Crippen LogP contribution in [0.3, 0.4) is 0 Å². The summed E-state index contributed by atoms with van der Waals surface area (Å²) in [7, 11) is 1.90. The van der Waals surface area contributed by atoms with Gasteiger partial charge in [0.2, 0.25) is 0 Å². The summed E-state index contributed by atoms with van der Waals surface area (Å²) >= 11 is 0. The van der Waals surface area contributed by atoms with Crippen LogP contribution in [0.15, 0.2) is 48.5 Å². The second-order valence-electron chi connectivity index (χ2n) is 6.21. The van der Waals surface area contributed by atoms with Crippen LogP contribution < -0.4 is 4.74 Å². The van der Waals surface area contributed by atoms with Crippen molar-refractivity contribution in [1.29, 1.82) is 0 Å². The molecular weight excluding hydrogens is 321 g/mol. The fraction of sp³-hybridized carbons (Fsp3) is 0.350. The Morgan fingerprint density at radius 2 is 1.76 bits per heavy atom. The van der Waals surface area contributed by atoms with Crippen molar-refractivity contribution < 1.29 is 19.0 Å². The first-order chi connectivity index (χ1) is 11.9. The number of carbonyl (C=O) groups excluding carboxylic acids is 1. The van der Waals surface area contributed by atoms with E-state index in [9.17, 15) is 14.3 Å². The molecule has 0 amide bonds. The molecule has 0 saturated carbocycles. The van der Waals surface area contributed by atoms with Crippen molar-refractivity contribution >= 4 is 5.78 Å². The number of ether oxygens (including phenoxy) is 1. The number of hydrogen-bond acceptors (Lipinski definition) is 4. The average molecular weight is 345 g/mol. The third kappa shape index (κ3) is 5.66. The van der Waals surface area contributed by atoms with Gasteiger partial charge in [-0.25, -0.2) is 4.39 Å². The van der Waals surface area contributed by atoms with Crippen molar-refractivity contribution in [1.82, 2.24) is 4.90 Å². The first-order valence-corrected chi connectivity index (χ1v) is 8.24. The molecular formula is C20H24FNO3. The molecule has 4 nitrogen and oxygen atoms in total. The molecule has 0 aliphatic rings. The fourth-order valence-electron chi connectivity index (χ4n) is 2.52. The Kier molecular flexibility index (Phi) is 6.67. The molecule has 0 fully saturated rings. The van der Waals surface area contributed by atoms with Crippen LogP contribution in [0.5, 0.6) is 5.75 Å². The van der Waals surface area contributed by atoms with Gasteiger partial charge < -0.3 is 9.84 Å². The molecule has 0 heterocycles. The van der Waals surface area contributed by atoms with Crippen molar-refractivity contribution in [2.75, 3.05) is 20.2 Å². The quantitative estimate of drug-likeness (QED) is 0.745. The zero-order valence-electron chi connectivity index (χ0n) is 14.8. The van der Waals surface area contributed by atoms with Gasteiger partial charge in [0.1, 0.15) is 24.3 Å². The molecule has 0 aliphatic carbocycles. The number of aliphatic hydroxyl groups excluding tert-OH is 1. The van der Waals surface area contributed by atoms with Crippen LogP contribution in [0.1, 0.15) is 35.8 Å². The molecule has 25 heavy (non-hydrogen) atoms. The minimum Gasteiger partial charge on any atom is -0.491 e. The molecule has 0 aliphatic heterocycles. The number of hydrogen-bond donors (Lipinski definition) is 1. The maximum Gasteiger partial charge on any atom is 0.159 e. The molecule has 134 valence electrons. The lowest BCUT2D eigenvalue weighted by Gasteiger charge is -2.27. The SMILES string of the molecule is CC(=O)c1ccc(OC[C@H](O)CN(C)[C@@H](C)c2ccc(F)cc2)cc1. The van der Waals surface area contributed by atoms with Gasteiger partial charge in [0.15, 0.2) is 5.78 Å². The lowest BCUT2D eigenvalue weighted by molar-refractivity contribution is 0.0653. The fourth-order valence-corrected chi connectivity index (χ4v) is 2.52. The van der Waals surface area contributed by atoms with Crippen LogP contribution in [0.25, 0.3) is 0 Å². The molecule has 0 spiro atoms. The zero-order valence-corrected chi connectivity index (χ0v) is 14.8. The second kappa shape index (κ2) is 8.74. The van der Waals surface area contributed by atoms with Crippen LogP contribution >= 0.6 is 0 Å². The monoisotopic (exact) mass is 345 g/mol. The largest absolute Gasteiger partial charge is 0.491 e. The van der Waals surface area contributed by atoms with E-state index in [2.05, 4.69) is 0 Å². The molecule has 2 atom stereocenters. The van der Waals surface area contributed by atoms with Gasteiger partial charge in [-0.3, -0.25) is 9.69 Å². The highest BCUT2D eigenvalue weighted by Crippen LogP contribution is 2.19. The van der Waals surface area contributed by atoms with Gasteiger partial charge in [-0.15, -0.1) is 0 Å². The number of ketones is 1. The highest BCUT2D eigenvalue weighted by Gasteiger charge is 2.16. The molecule has 0 radical (unpaired) electrons. The maximum atomic E-state index is 13.0. The van der Waals surface area contributed by atoms with E-state index in [1.54, 1.807) is 36.4 Å². The molecule has 0 aromatic heterocycles. The molecule has 2 rings (SSSR count). The second-order valence-corrected chi connectivity index (χ2v) is 6.21. The number of carbonyl (C=O) groups is 1. The Bertz CT molecular complexity index is 685. The number of Topliss-reactive ketones (excluding diaryl/α,β-unsaturated/α-hetero) is 1. The normalized spacial score (nSPS) is 13.5. The van der Waals surface area contributed by atoms with Gasteiger partial charge in [-0.2, -0.15) is 0 Å². The number of aliphatic hydroxyl groups is 1. The predicted octanol–water partition coefficient (Wildman–Crippen LogP) is 3.46. The minimum absolute atomic E-state index is 0.00277. The molecule has 0 saturated heterocycles. The van der Waals surface area contributed by atoms with E-state index in [-0.39, 0.29) is 24.2 Å². The predicted molar refractivity (Wildman–Crippen MR) is 95.4 cm³/mol. The van der Waals surface area contributed by atoms with Gasteiger partial charge in [0.25, 0.3) is 0 Å². The van der Waals surface area contributed by atoms with E-state index in [4.69, 9.17) is 4.74 Å². The summed E-state index contributed by atoms with van der Waals surface area (Å²) in [6.45, 7) is 4.09. The third-order valence-corrected chi connectivity index (χ3v) is 4.22. The van der Waals surface area contributed by atoms with E-state index < -0.39 is 6.10 Å². The zero-order chi connectivity index (χ0) is 18.4. The third-order valence-electron chi connectivity index (χ3n) is 4.22. The Morgan fingerprint density at radius 1 is 1.16 bits per heavy atom. The molecule has 1 N–H and O–H groups in total. The smallest absolute Gasteiger partial charge is 0.159 e. The van der Waals surface area contributed by atoms with Crippen LogP contribution in [0.2, 0.25) is 0 Å². The van der Waals surface area contributed by atoms with Crippen molar-refractivity contribution in [3.63, 3.8) is 0 Å². The highest BCUT2D eigenvalue weighted by atomic mass is 19.1. The van der Waals surface area contributed by atoms with Crippen molar-refractivity contribution in [3.8, 4) is 5.75 Å². The first-order valence-electron chi connectivity index (χ1n) is 8.24. The number of nitrogens with zero attached hydrogens (tertiary/aromatic N) is 1. The highest BCUT2D eigenvalue weighted by molar-refractivity contribution is 5.94. The van der Waals surface area contributed by atoms with Crippen LogP contribution in [0, 0.1) is 5.82 Å². The van der Waals surface area contributed by atoms with Crippen LogP contribution in [0.4, 0.5) is 4.39 Å². The van der Waals surface area contributed by atoms with Crippen molar-refractivity contribution in [2.45, 2.75) is 26.0 Å². The van der Waals surface area contributed by atoms with Gasteiger partial charge in [-0.05, 0) is 62.9 Å². The number of halogens is 1. The Morgan fingerprint density at radius 3 is 2.32 bits per heavy atom. The van der Waals surface area contributed by atoms with Gasteiger partial charge in [0.05, 0.1) is 0 Å². The summed E-state index contributed by atoms with van der Waals surface area (Å²) in [5.41, 5.74) is 1.61. The van der Waals surface area contributed by atoms with Crippen molar-refractivity contribution in [3.05, 3.63) is 65.5 Å². The van der Waals surface area contributed by atoms with E-state index in [0.717, 1.165) is 5.56 Å². The minimum atomic E-state index is -0.666. The van der Waals surface area contributed by atoms with E-state index in [1.165, 1.54) is 19.1 Å². The Labute approximate surface area is 147 Å². The van der Waals surface area contributed by atoms with Crippen LogP contribution in [-0.2, 0) is 0 Å². The van der Waals surface area contributed by atoms with E-state index in [0.29, 0.717) is 17.9 Å². The summed E-state index contributed by atoms with van der Waals surface area (Å²) in [5.74, 6) is 0.351. The summed E-state index contributed by atoms with van der Waals surface area (Å²) < 4.78 is 18.6. The number of rotatable bonds is 8. The first kappa shape index (κ1) is 19.1. The van der Waals surface area contributed by atoms with E-state index >= 15 is 0 Å². The van der Waals surface area contributed by atoms with Crippen molar-refractivity contribution in [2.24, 2.45) is 0 Å². The van der Waals surface area contributed by atoms with Gasteiger partial charge >= 0.3 is 0 Å². The standard InChI is InChI=1S/C20H24FNO3/c1-14(16-4-8-18(21)9-5-16)22(3)12-19(24)13-25-20-10-6-17(7-11-20)15(2)23/h4-11,14,19,24H,12-13H2,1-3H3/t14-,19+/m0/s1. The van der Waals surface area contributed by atoms with Crippen LogP contribution in [-0.4, -0.2) is 42.1 Å². The lowest BCUT2D eigenvalue weighted by Crippen LogP contribution is -2.34. The summed E-state index contributed by atoms with van der Waals surface area (Å²) in [6, 6.07) is 13.2. The molecule has 0 bridgehead atoms. The number of likely N-dealkylation sites (N-methyl/N-ethyl adjacent to an activating group) is 1. The van der Waals surface area contributed by atoms with Gasteiger partial charge in [-0.1, -0.05) is 12.1 Å². The molecule has 2 aromatic carbocycles. The molecule has 5 heteroatoms. The Balaban J connectivity index is 1.83. The summed E-state index contributed by atoms with van der Waals surface area (Å²) in [4.78, 5) is 13.2. The lowest BCUT2D eigenvalue weighted by atomic mass is 10.1. The number of benzene rings is 2. The molecule has 0 unspecified atom stereocenters. The summed E-state index contributed by atoms with van der Waals surface area (Å²) in [6.07, 6.45) is -0.666. The average Bonchev–Trinajstić information content (AvgIpc) is 2.60. The summed E-state index contributed by atoms with van der Waals surface area (Å²) in [5, 5.41) is 10.2. The van der Waals surface area contributed by atoms with Gasteiger partial charge in [0, 0.05) is 18.2 Å². The maximum absolute atomic E-state index is 13.0.